The van der Waals surface area contributed by atoms with Crippen LogP contribution in [0.3, 0.4) is 0 Å². The van der Waals surface area contributed by atoms with Crippen LogP contribution in [0.4, 0.5) is 4.39 Å². The van der Waals surface area contributed by atoms with Crippen molar-refractivity contribution in [2.24, 2.45) is 0 Å². The summed E-state index contributed by atoms with van der Waals surface area (Å²) in [4.78, 5) is 0. The molecule has 0 spiro atoms. The molecule has 2 radical (unpaired) electrons. The van der Waals surface area contributed by atoms with Crippen LogP contribution < -0.4 is 0 Å². The van der Waals surface area contributed by atoms with Gasteiger partial charge in [0.05, 0.1) is 0 Å². The van der Waals surface area contributed by atoms with E-state index < -0.39 is 0 Å². The lowest BCUT2D eigenvalue weighted by atomic mass is 9.79. The lowest BCUT2D eigenvalue weighted by molar-refractivity contribution is 0.569. The summed E-state index contributed by atoms with van der Waals surface area (Å²) < 4.78 is 11.9. The highest BCUT2D eigenvalue weighted by molar-refractivity contribution is 5.66. The molecule has 0 aliphatic rings. The summed E-state index contributed by atoms with van der Waals surface area (Å²) in [6.07, 6.45) is 0. The molecule has 0 nitrogen and oxygen atoms in total. The van der Waals surface area contributed by atoms with Crippen molar-refractivity contribution in [3.63, 3.8) is 0 Å². The van der Waals surface area contributed by atoms with E-state index in [1.165, 1.54) is 34.4 Å². The first-order valence-electron chi connectivity index (χ1n) is 9.32. The van der Waals surface area contributed by atoms with Crippen LogP contribution in [-0.2, 0) is 10.8 Å². The maximum Gasteiger partial charge on any atom is 0.131 e. The van der Waals surface area contributed by atoms with Crippen LogP contribution in [0.2, 0.25) is 0 Å². The van der Waals surface area contributed by atoms with Gasteiger partial charge in [0.1, 0.15) is 5.82 Å². The molecule has 3 aromatic carbocycles. The quantitative estimate of drug-likeness (QED) is 0.425. The summed E-state index contributed by atoms with van der Waals surface area (Å²) in [6, 6.07) is 26.9. The van der Waals surface area contributed by atoms with Gasteiger partial charge in [0.15, 0.2) is 0 Å². The monoisotopic (exact) mass is 360 g/mol. The minimum atomic E-state index is -0.303. The molecule has 0 saturated carbocycles. The lowest BCUT2D eigenvalue weighted by Gasteiger charge is -2.26. The Balaban J connectivity index is 0.000000313. The number of hydrogen-bond donors (Lipinski definition) is 0. The fourth-order valence-electron chi connectivity index (χ4n) is 2.61. The van der Waals surface area contributed by atoms with Gasteiger partial charge in [-0.2, -0.15) is 0 Å². The summed E-state index contributed by atoms with van der Waals surface area (Å²) in [5.41, 5.74) is 5.69. The molecule has 0 aliphatic carbocycles. The highest BCUT2D eigenvalue weighted by Crippen LogP contribution is 2.33. The van der Waals surface area contributed by atoms with Gasteiger partial charge in [-0.05, 0) is 45.2 Å². The van der Waals surface area contributed by atoms with Crippen LogP contribution in [0.1, 0.15) is 52.7 Å². The summed E-state index contributed by atoms with van der Waals surface area (Å²) in [7, 11) is 0. The molecule has 0 aromatic heterocycles. The summed E-state index contributed by atoms with van der Waals surface area (Å²) >= 11 is 0. The van der Waals surface area contributed by atoms with Crippen molar-refractivity contribution >= 4 is 0 Å². The Hall–Kier alpha value is -2.41. The number of halogens is 1. The van der Waals surface area contributed by atoms with E-state index in [1.807, 2.05) is 12.1 Å². The van der Waals surface area contributed by atoms with E-state index in [2.05, 4.69) is 84.0 Å². The van der Waals surface area contributed by atoms with Gasteiger partial charge in [-0.25, -0.2) is 4.39 Å². The van der Waals surface area contributed by atoms with Gasteiger partial charge in [0.25, 0.3) is 0 Å². The van der Waals surface area contributed by atoms with E-state index in [-0.39, 0.29) is 16.6 Å². The Kier molecular flexibility index (Phi) is 6.59. The Morgan fingerprint density at radius 3 is 1.59 bits per heavy atom. The summed E-state index contributed by atoms with van der Waals surface area (Å²) in [5.74, 6) is -0.303. The molecule has 27 heavy (non-hydrogen) atoms. The second-order valence-electron chi connectivity index (χ2n) is 8.80. The molecule has 0 bridgehead atoms. The lowest BCUT2D eigenvalue weighted by Crippen LogP contribution is -2.16. The standard InChI is InChI=1S/C20H25.C6H4F/c1-19(2,3)17-12-16(15-10-8-7-9-11-15)13-18(14-17)20(4,5)6;7-6-4-2-1-3-5-6/h8-14H,1-6H3;1-4H. The van der Waals surface area contributed by atoms with Crippen molar-refractivity contribution in [1.82, 2.24) is 0 Å². The molecule has 0 aliphatic heterocycles. The second-order valence-corrected chi connectivity index (χ2v) is 8.80. The zero-order valence-electron chi connectivity index (χ0n) is 17.2. The van der Waals surface area contributed by atoms with Gasteiger partial charge in [-0.1, -0.05) is 102 Å². The molecule has 0 unspecified atom stereocenters. The van der Waals surface area contributed by atoms with Crippen LogP contribution >= 0.6 is 0 Å². The largest absolute Gasteiger partial charge is 0.206 e. The third kappa shape index (κ3) is 6.36. The van der Waals surface area contributed by atoms with Gasteiger partial charge in [0, 0.05) is 6.07 Å². The highest BCUT2D eigenvalue weighted by Gasteiger charge is 2.20. The van der Waals surface area contributed by atoms with E-state index >= 15 is 0 Å². The first-order valence-corrected chi connectivity index (χ1v) is 9.32. The van der Waals surface area contributed by atoms with Gasteiger partial charge in [0.2, 0.25) is 0 Å². The van der Waals surface area contributed by atoms with Crippen molar-refractivity contribution in [2.75, 3.05) is 0 Å². The smallest absolute Gasteiger partial charge is 0.131 e. The normalized spacial score (nSPS) is 11.5. The molecule has 1 heteroatoms. The van der Waals surface area contributed by atoms with E-state index in [9.17, 15) is 4.39 Å². The Bertz CT molecular complexity index is 803. The van der Waals surface area contributed by atoms with E-state index in [0.29, 0.717) is 0 Å². The van der Waals surface area contributed by atoms with Crippen molar-refractivity contribution < 1.29 is 4.39 Å². The predicted octanol–water partition coefficient (Wildman–Crippen LogP) is 7.37. The van der Waals surface area contributed by atoms with Crippen LogP contribution in [0.25, 0.3) is 11.1 Å². The van der Waals surface area contributed by atoms with Crippen molar-refractivity contribution in [3.05, 3.63) is 95.8 Å². The highest BCUT2D eigenvalue weighted by atomic mass is 19.1. The molecule has 3 rings (SSSR count). The average Bonchev–Trinajstić information content (AvgIpc) is 2.62. The molecular formula is C26H29F. The molecule has 0 atom stereocenters. The first kappa shape index (κ1) is 20.9. The van der Waals surface area contributed by atoms with Crippen LogP contribution in [0, 0.1) is 17.9 Å². The van der Waals surface area contributed by atoms with Gasteiger partial charge < -0.3 is 0 Å². The van der Waals surface area contributed by atoms with Gasteiger partial charge in [-0.15, -0.1) is 0 Å². The molecular weight excluding hydrogens is 331 g/mol. The van der Waals surface area contributed by atoms with Gasteiger partial charge >= 0.3 is 0 Å². The second kappa shape index (κ2) is 8.52. The summed E-state index contributed by atoms with van der Waals surface area (Å²) in [5, 5.41) is 0. The van der Waals surface area contributed by atoms with Gasteiger partial charge in [-0.3, -0.25) is 0 Å². The minimum absolute atomic E-state index is 0.164. The average molecular weight is 361 g/mol. The topological polar surface area (TPSA) is 0 Å². The van der Waals surface area contributed by atoms with Crippen molar-refractivity contribution in [1.29, 1.82) is 0 Å². The molecule has 0 saturated heterocycles. The summed E-state index contributed by atoms with van der Waals surface area (Å²) in [6.45, 7) is 13.7. The Morgan fingerprint density at radius 1 is 0.667 bits per heavy atom. The zero-order valence-corrected chi connectivity index (χ0v) is 17.2. The fraction of sp³-hybridized carbons (Fsp3) is 0.308. The predicted molar refractivity (Wildman–Crippen MR) is 113 cm³/mol. The third-order valence-corrected chi connectivity index (χ3v) is 4.39. The number of hydrogen-bond acceptors (Lipinski definition) is 0. The minimum Gasteiger partial charge on any atom is -0.206 e. The molecule has 0 N–H and O–H groups in total. The maximum atomic E-state index is 11.9. The molecule has 0 amide bonds. The zero-order chi connectivity index (χ0) is 20.1. The first-order chi connectivity index (χ1) is 12.6. The molecule has 140 valence electrons. The SMILES string of the molecule is CC(C)(C)c1cc(-c2cc[c]cc2)cc(C(C)(C)C)c1.Fc1[c]cccc1. The Morgan fingerprint density at radius 2 is 1.22 bits per heavy atom. The van der Waals surface area contributed by atoms with E-state index in [0.717, 1.165) is 0 Å². The van der Waals surface area contributed by atoms with Crippen LogP contribution in [0.15, 0.2) is 66.7 Å². The molecule has 0 fully saturated rings. The number of benzene rings is 3. The van der Waals surface area contributed by atoms with E-state index in [1.54, 1.807) is 12.1 Å². The van der Waals surface area contributed by atoms with E-state index in [4.69, 9.17) is 0 Å². The molecule has 3 aromatic rings. The maximum absolute atomic E-state index is 11.9. The van der Waals surface area contributed by atoms with Crippen molar-refractivity contribution in [2.45, 2.75) is 52.4 Å². The van der Waals surface area contributed by atoms with Crippen molar-refractivity contribution in [3.8, 4) is 11.1 Å². The molecule has 0 heterocycles. The third-order valence-electron chi connectivity index (χ3n) is 4.39. The van der Waals surface area contributed by atoms with Crippen LogP contribution in [0.5, 0.6) is 0 Å². The Labute approximate surface area is 164 Å². The van der Waals surface area contributed by atoms with Crippen LogP contribution in [-0.4, -0.2) is 0 Å². The number of rotatable bonds is 1. The fourth-order valence-corrected chi connectivity index (χ4v) is 2.61.